The summed E-state index contributed by atoms with van der Waals surface area (Å²) in [5.41, 5.74) is -2.48. The Morgan fingerprint density at radius 3 is 1.52 bits per heavy atom. The van der Waals surface area contributed by atoms with E-state index in [0.717, 1.165) is 24.3 Å². The normalized spacial score (nSPS) is 17.7. The lowest BCUT2D eigenvalue weighted by Gasteiger charge is -2.42. The number of pyridine rings is 1. The molecule has 0 saturated carbocycles. The van der Waals surface area contributed by atoms with E-state index in [-0.39, 0.29) is 70.1 Å². The number of nitrogens with zero attached hydrogens (tertiary/aromatic N) is 2. The van der Waals surface area contributed by atoms with Crippen LogP contribution in [0.1, 0.15) is 112 Å². The van der Waals surface area contributed by atoms with Crippen molar-refractivity contribution in [2.75, 3.05) is 223 Å². The number of aliphatic hydroxyl groups is 3. The average Bonchev–Trinajstić information content (AvgIpc) is 0.790. The number of hydrogen-bond acceptors (Lipinski definition) is 32. The van der Waals surface area contributed by atoms with E-state index in [2.05, 4.69) is 15.1 Å². The molecule has 4 N–H and O–H groups in total. The first-order chi connectivity index (χ1) is 50.9. The number of unbranched alkanes of at least 4 members (excludes halogenated alkanes) is 3. The van der Waals surface area contributed by atoms with Crippen molar-refractivity contribution in [2.45, 2.75) is 158 Å². The van der Waals surface area contributed by atoms with Gasteiger partial charge in [0.25, 0.3) is 0 Å². The molecule has 0 radical (unpaired) electrons. The van der Waals surface area contributed by atoms with Crippen LogP contribution in [-0.4, -0.2) is 318 Å². The maximum atomic E-state index is 14.2. The number of esters is 2. The van der Waals surface area contributed by atoms with E-state index in [1.165, 1.54) is 59.1 Å². The molecule has 3 unspecified atom stereocenters. The molecule has 0 aliphatic carbocycles. The van der Waals surface area contributed by atoms with Gasteiger partial charge in [0.15, 0.2) is 6.29 Å². The Labute approximate surface area is 643 Å². The Bertz CT molecular complexity index is 2440. The second kappa shape index (κ2) is 64.7. The Hall–Kier alpha value is -2.88. The summed E-state index contributed by atoms with van der Waals surface area (Å²) in [5.74, 6) is -0.230. The molecule has 2 heterocycles. The van der Waals surface area contributed by atoms with Gasteiger partial charge >= 0.3 is 11.9 Å². The second-order valence-corrected chi connectivity index (χ2v) is 31.1. The molecule has 1 aromatic heterocycles. The molecule has 1 amide bonds. The van der Waals surface area contributed by atoms with Gasteiger partial charge in [0.2, 0.25) is 11.4 Å². The predicted molar refractivity (Wildman–Crippen MR) is 404 cm³/mol. The Balaban J connectivity index is 1.35. The number of carbonyl (C=O) groups excluding carboxylic acids is 5. The summed E-state index contributed by atoms with van der Waals surface area (Å²) in [6.45, 7) is 27.6. The molecule has 1 fully saturated rings. The van der Waals surface area contributed by atoms with Crippen molar-refractivity contribution in [1.82, 2.24) is 10.3 Å². The Morgan fingerprint density at radius 1 is 0.581 bits per heavy atom. The van der Waals surface area contributed by atoms with Crippen molar-refractivity contribution in [3.05, 3.63) is 35.8 Å². The predicted octanol–water partition coefficient (Wildman–Crippen LogP) is 6.76. The topological polar surface area (TPSA) is 341 Å². The lowest BCUT2D eigenvalue weighted by molar-refractivity contribution is -0.270. The fraction of sp³-hybridized carbons (Fsp3) is 0.831. The highest BCUT2D eigenvalue weighted by Gasteiger charge is 2.53. The number of aliphatic hydroxyl groups excluding tert-OH is 3. The molecule has 0 bridgehead atoms. The quantitative estimate of drug-likeness (QED) is 0.0172. The molecule has 1 aliphatic heterocycles. The number of nitrogens with one attached hydrogen (secondary N) is 1. The molecule has 0 spiro atoms. The van der Waals surface area contributed by atoms with E-state index in [9.17, 15) is 39.3 Å². The monoisotopic (exact) mass is 1590 g/mol. The third-order valence-electron chi connectivity index (χ3n) is 15.5. The summed E-state index contributed by atoms with van der Waals surface area (Å²) in [7, 11) is 4.47. The minimum Gasteiger partial charge on any atom is -0.464 e. The number of thiocarbonyl (C=S) groups is 1. The van der Waals surface area contributed by atoms with Crippen LogP contribution in [0.3, 0.4) is 0 Å². The lowest BCUT2D eigenvalue weighted by Crippen LogP contribution is -2.64. The molecule has 1 aromatic rings. The van der Waals surface area contributed by atoms with E-state index in [1.54, 1.807) is 27.0 Å². The summed E-state index contributed by atoms with van der Waals surface area (Å²) < 4.78 is 99.4. The van der Waals surface area contributed by atoms with Gasteiger partial charge in [0.05, 0.1) is 184 Å². The van der Waals surface area contributed by atoms with Crippen LogP contribution in [0.25, 0.3) is 4.85 Å². The SMILES string of the molecule is [C-]#[N+]C(C)(CCC(=O)CCCOCCOCCOCCOCCOCCOCCOCCOCCOCCOCCOCCOCCOCCC(=O)CCCCCCO[C@@H]1O[C@H](CO)[C@H](O)[C@H](O)[C@H]1NC(C)=O)CC(C)(CC(C)(SC(=S)SCC)C(=O)OCCOC)C(=O)OCCSSc1ccccn1. The van der Waals surface area contributed by atoms with Crippen LogP contribution in [0.2, 0.25) is 0 Å². The van der Waals surface area contributed by atoms with Crippen LogP contribution >= 0.6 is 57.3 Å². The first-order valence-corrected chi connectivity index (χ1v) is 40.7. The van der Waals surface area contributed by atoms with E-state index < -0.39 is 70.8 Å². The van der Waals surface area contributed by atoms with Gasteiger partial charge in [-0.15, -0.1) is 11.8 Å². The third-order valence-corrected chi connectivity index (χ3v) is 20.4. The summed E-state index contributed by atoms with van der Waals surface area (Å²) in [6.07, 6.45) is 1.91. The zero-order valence-electron chi connectivity index (χ0n) is 62.7. The van der Waals surface area contributed by atoms with Gasteiger partial charge in [-0.3, -0.25) is 24.0 Å². The number of amides is 1. The maximum absolute atomic E-state index is 14.2. The highest BCUT2D eigenvalue weighted by molar-refractivity contribution is 8.76. The molecule has 606 valence electrons. The van der Waals surface area contributed by atoms with Crippen LogP contribution < -0.4 is 5.32 Å². The van der Waals surface area contributed by atoms with Gasteiger partial charge in [-0.05, 0) is 68.2 Å². The van der Waals surface area contributed by atoms with E-state index in [4.69, 9.17) is 104 Å². The number of aromatic nitrogens is 1. The zero-order chi connectivity index (χ0) is 76.8. The highest BCUT2D eigenvalue weighted by Crippen LogP contribution is 2.47. The molecule has 1 aliphatic rings. The third kappa shape index (κ3) is 50.6. The summed E-state index contributed by atoms with van der Waals surface area (Å²) in [5, 5.41) is 33.3. The molecular formula is C71H121N3O26S5. The second-order valence-electron chi connectivity index (χ2n) is 24.7. The number of ether oxygens (including phenoxy) is 18. The van der Waals surface area contributed by atoms with E-state index in [0.29, 0.717) is 212 Å². The number of thioether (sulfide) groups is 2. The Morgan fingerprint density at radius 2 is 1.06 bits per heavy atom. The maximum Gasteiger partial charge on any atom is 0.322 e. The van der Waals surface area contributed by atoms with Gasteiger partial charge in [-0.25, -0.2) is 11.6 Å². The molecule has 2 rings (SSSR count). The summed E-state index contributed by atoms with van der Waals surface area (Å²) >= 11 is 8.22. The van der Waals surface area contributed by atoms with Crippen LogP contribution in [0, 0.1) is 12.0 Å². The summed E-state index contributed by atoms with van der Waals surface area (Å²) in [6, 6.07) is 4.66. The minimum absolute atomic E-state index is 0.0189. The molecule has 8 atom stereocenters. The van der Waals surface area contributed by atoms with Crippen molar-refractivity contribution in [1.29, 1.82) is 0 Å². The van der Waals surface area contributed by atoms with Crippen LogP contribution in [0.15, 0.2) is 29.4 Å². The largest absolute Gasteiger partial charge is 0.464 e. The number of rotatable bonds is 72. The van der Waals surface area contributed by atoms with E-state index in [1.807, 2.05) is 25.1 Å². The number of ketones is 2. The molecule has 1 saturated heterocycles. The molecule has 34 heteroatoms. The molecule has 105 heavy (non-hydrogen) atoms. The smallest absolute Gasteiger partial charge is 0.322 e. The highest BCUT2D eigenvalue weighted by atomic mass is 33.1. The first-order valence-electron chi connectivity index (χ1n) is 36.2. The molecule has 0 aromatic carbocycles. The van der Waals surface area contributed by atoms with Crippen LogP contribution in [0.5, 0.6) is 0 Å². The first kappa shape index (κ1) is 98.2. The van der Waals surface area contributed by atoms with E-state index >= 15 is 0 Å². The standard InChI is InChI=1S/C71H121N3O26S5/c1-8-102-68(101)104-71(5,67(82)98-51-26-83-7)56-69(3,66(81)99-52-53-103-105-61-18-12-13-22-73-61)55-70(4,72-6)21-19-58(77)17-15-23-84-27-29-86-31-33-88-35-37-90-39-41-92-43-45-94-47-49-96-50-48-95-46-44-93-42-40-91-38-36-89-34-32-87-30-28-85-25-20-59(78)16-11-9-10-14-24-97-65-62(74-57(2)76)64(80)63(79)60(54-75)100-65/h12-13,18,22,60,62-65,75,79-80H,8-11,14-17,19-21,23-56H2,1-5,7H3,(H,74,76)/t60-,62-,63+,64-,65-,69?,70?,71?/m1/s1. The number of carbonyl (C=O) groups is 5. The zero-order valence-corrected chi connectivity index (χ0v) is 66.8. The number of methoxy groups -OCH3 is 1. The molecular weight excluding hydrogens is 1470 g/mol. The van der Waals surface area contributed by atoms with Crippen LogP contribution in [0.4, 0.5) is 0 Å². The average molecular weight is 1590 g/mol. The fourth-order valence-corrected chi connectivity index (χ4v) is 15.1. The van der Waals surface area contributed by atoms with Gasteiger partial charge in [0.1, 0.15) is 62.4 Å². The number of hydrogen-bond donors (Lipinski definition) is 4. The van der Waals surface area contributed by atoms with Crippen molar-refractivity contribution in [3.63, 3.8) is 0 Å². The minimum atomic E-state index is -1.36. The molecule has 29 nitrogen and oxygen atoms in total. The van der Waals surface area contributed by atoms with Crippen molar-refractivity contribution >= 4 is 90.3 Å². The Kier molecular flexibility index (Phi) is 60.6. The fourth-order valence-electron chi connectivity index (χ4n) is 10.2. The van der Waals surface area contributed by atoms with Crippen molar-refractivity contribution < 1.29 is 125 Å². The van der Waals surface area contributed by atoms with Crippen LogP contribution in [-0.2, 0) is 109 Å². The van der Waals surface area contributed by atoms with Gasteiger partial charge in [-0.1, -0.05) is 60.6 Å². The van der Waals surface area contributed by atoms with Crippen molar-refractivity contribution in [2.24, 2.45) is 5.41 Å². The number of Topliss-reactive ketones (excluding diaryl/α,β-unsaturated/α-hetero) is 2. The lowest BCUT2D eigenvalue weighted by atomic mass is 9.71. The van der Waals surface area contributed by atoms with Gasteiger partial charge < -0.3 is 111 Å². The van der Waals surface area contributed by atoms with Gasteiger partial charge in [-0.2, -0.15) is 0 Å². The summed E-state index contributed by atoms with van der Waals surface area (Å²) in [4.78, 5) is 73.2. The van der Waals surface area contributed by atoms with Gasteiger partial charge in [0, 0.05) is 84.6 Å². The van der Waals surface area contributed by atoms with Crippen molar-refractivity contribution in [3.8, 4) is 0 Å².